The van der Waals surface area contributed by atoms with Gasteiger partial charge in [0.1, 0.15) is 11.6 Å². The van der Waals surface area contributed by atoms with E-state index in [0.29, 0.717) is 19.6 Å². The third-order valence-electron chi connectivity index (χ3n) is 2.94. The van der Waals surface area contributed by atoms with Gasteiger partial charge < -0.3 is 10.5 Å². The lowest BCUT2D eigenvalue weighted by Crippen LogP contribution is -2.08. The molecule has 2 N–H and O–H groups in total. The van der Waals surface area contributed by atoms with E-state index in [9.17, 15) is 0 Å². The average molecular weight is 260 g/mol. The first kappa shape index (κ1) is 13.5. The Morgan fingerprint density at radius 2 is 2.05 bits per heavy atom. The minimum absolute atomic E-state index is 0.580. The van der Waals surface area contributed by atoms with Crippen LogP contribution in [0.3, 0.4) is 0 Å². The van der Waals surface area contributed by atoms with Gasteiger partial charge in [-0.1, -0.05) is 18.2 Å². The molecule has 2 rings (SSSR count). The molecule has 0 atom stereocenters. The smallest absolute Gasteiger partial charge is 0.154 e. The molecule has 0 fully saturated rings. The SMILES string of the molecule is Cc1ccccc1OCCc1nc(CCN)n(C)n1. The lowest BCUT2D eigenvalue weighted by Gasteiger charge is -2.07. The average Bonchev–Trinajstić information content (AvgIpc) is 2.73. The van der Waals surface area contributed by atoms with Crippen LogP contribution in [-0.4, -0.2) is 27.9 Å². The third-order valence-corrected chi connectivity index (χ3v) is 2.94. The maximum atomic E-state index is 5.74. The highest BCUT2D eigenvalue weighted by molar-refractivity contribution is 5.31. The first-order valence-corrected chi connectivity index (χ1v) is 6.48. The van der Waals surface area contributed by atoms with E-state index in [4.69, 9.17) is 10.5 Å². The van der Waals surface area contributed by atoms with Gasteiger partial charge in [0.25, 0.3) is 0 Å². The molecule has 0 bridgehead atoms. The van der Waals surface area contributed by atoms with E-state index in [1.54, 1.807) is 4.68 Å². The number of nitrogens with zero attached hydrogens (tertiary/aromatic N) is 3. The summed E-state index contributed by atoms with van der Waals surface area (Å²) in [6.07, 6.45) is 1.45. The summed E-state index contributed by atoms with van der Waals surface area (Å²) in [5.74, 6) is 2.65. The van der Waals surface area contributed by atoms with Crippen molar-refractivity contribution in [2.75, 3.05) is 13.2 Å². The fourth-order valence-corrected chi connectivity index (χ4v) is 1.90. The van der Waals surface area contributed by atoms with E-state index < -0.39 is 0 Å². The van der Waals surface area contributed by atoms with Crippen LogP contribution in [0, 0.1) is 6.92 Å². The number of para-hydroxylation sites is 1. The maximum absolute atomic E-state index is 5.74. The van der Waals surface area contributed by atoms with Crippen molar-refractivity contribution in [3.8, 4) is 5.75 Å². The number of hydrogen-bond donors (Lipinski definition) is 1. The van der Waals surface area contributed by atoms with Gasteiger partial charge >= 0.3 is 0 Å². The van der Waals surface area contributed by atoms with Crippen molar-refractivity contribution in [2.24, 2.45) is 12.8 Å². The summed E-state index contributed by atoms with van der Waals surface area (Å²) in [5, 5.41) is 4.35. The van der Waals surface area contributed by atoms with Gasteiger partial charge in [-0.25, -0.2) is 4.98 Å². The van der Waals surface area contributed by atoms with E-state index in [1.807, 2.05) is 38.2 Å². The topological polar surface area (TPSA) is 66.0 Å². The van der Waals surface area contributed by atoms with Gasteiger partial charge in [-0.3, -0.25) is 4.68 Å². The highest BCUT2D eigenvalue weighted by atomic mass is 16.5. The highest BCUT2D eigenvalue weighted by Crippen LogP contribution is 2.16. The molecule has 0 aliphatic carbocycles. The molecule has 0 aliphatic heterocycles. The Bertz CT molecular complexity index is 536. The lowest BCUT2D eigenvalue weighted by molar-refractivity contribution is 0.316. The second-order valence-electron chi connectivity index (χ2n) is 4.47. The Hall–Kier alpha value is -1.88. The summed E-state index contributed by atoms with van der Waals surface area (Å²) < 4.78 is 7.52. The van der Waals surface area contributed by atoms with Crippen LogP contribution >= 0.6 is 0 Å². The minimum Gasteiger partial charge on any atom is -0.493 e. The van der Waals surface area contributed by atoms with Crippen molar-refractivity contribution in [2.45, 2.75) is 19.8 Å². The second-order valence-corrected chi connectivity index (χ2v) is 4.47. The third kappa shape index (κ3) is 3.54. The summed E-state index contributed by atoms with van der Waals surface area (Å²) in [6.45, 7) is 3.20. The summed E-state index contributed by atoms with van der Waals surface area (Å²) >= 11 is 0. The van der Waals surface area contributed by atoms with Gasteiger partial charge in [0.15, 0.2) is 5.82 Å². The molecular formula is C14H20N4O. The van der Waals surface area contributed by atoms with Gasteiger partial charge in [0, 0.05) is 19.9 Å². The molecule has 0 unspecified atom stereocenters. The fraction of sp³-hybridized carbons (Fsp3) is 0.429. The van der Waals surface area contributed by atoms with E-state index in [0.717, 1.165) is 29.4 Å². The molecule has 0 radical (unpaired) electrons. The van der Waals surface area contributed by atoms with Gasteiger partial charge in [-0.15, -0.1) is 0 Å². The molecule has 0 spiro atoms. The summed E-state index contributed by atoms with van der Waals surface area (Å²) in [4.78, 5) is 4.44. The molecule has 19 heavy (non-hydrogen) atoms. The zero-order valence-electron chi connectivity index (χ0n) is 11.5. The molecular weight excluding hydrogens is 240 g/mol. The van der Waals surface area contributed by atoms with Gasteiger partial charge in [0.05, 0.1) is 6.61 Å². The quantitative estimate of drug-likeness (QED) is 0.848. The van der Waals surface area contributed by atoms with Crippen LogP contribution < -0.4 is 10.5 Å². The van der Waals surface area contributed by atoms with Crippen LogP contribution in [-0.2, 0) is 19.9 Å². The van der Waals surface area contributed by atoms with Crippen LogP contribution in [0.15, 0.2) is 24.3 Å². The predicted molar refractivity (Wildman–Crippen MR) is 74.1 cm³/mol. The molecule has 1 heterocycles. The zero-order chi connectivity index (χ0) is 13.7. The van der Waals surface area contributed by atoms with Crippen molar-refractivity contribution >= 4 is 0 Å². The zero-order valence-corrected chi connectivity index (χ0v) is 11.5. The molecule has 5 nitrogen and oxygen atoms in total. The number of rotatable bonds is 6. The number of ether oxygens (including phenoxy) is 1. The molecule has 0 saturated heterocycles. The summed E-state index contributed by atoms with van der Waals surface area (Å²) in [5.41, 5.74) is 6.66. The van der Waals surface area contributed by atoms with Gasteiger partial charge in [0.2, 0.25) is 0 Å². The molecule has 0 aliphatic rings. The van der Waals surface area contributed by atoms with Gasteiger partial charge in [-0.2, -0.15) is 5.10 Å². The molecule has 0 amide bonds. The van der Waals surface area contributed by atoms with E-state index in [-0.39, 0.29) is 0 Å². The van der Waals surface area contributed by atoms with Crippen molar-refractivity contribution in [1.82, 2.24) is 14.8 Å². The Labute approximate surface area is 113 Å². The Morgan fingerprint density at radius 1 is 1.26 bits per heavy atom. The van der Waals surface area contributed by atoms with E-state index >= 15 is 0 Å². The Balaban J connectivity index is 1.89. The normalized spacial score (nSPS) is 10.7. The summed E-state index contributed by atoms with van der Waals surface area (Å²) in [6, 6.07) is 7.98. The van der Waals surface area contributed by atoms with E-state index in [2.05, 4.69) is 10.1 Å². The van der Waals surface area contributed by atoms with Crippen LogP contribution in [0.1, 0.15) is 17.2 Å². The molecule has 2 aromatic rings. The first-order chi connectivity index (χ1) is 9.20. The fourth-order valence-electron chi connectivity index (χ4n) is 1.90. The van der Waals surface area contributed by atoms with Gasteiger partial charge in [-0.05, 0) is 25.1 Å². The molecule has 102 valence electrons. The highest BCUT2D eigenvalue weighted by Gasteiger charge is 2.06. The van der Waals surface area contributed by atoms with Crippen LogP contribution in [0.4, 0.5) is 0 Å². The Morgan fingerprint density at radius 3 is 2.79 bits per heavy atom. The minimum atomic E-state index is 0.580. The largest absolute Gasteiger partial charge is 0.493 e. The number of nitrogens with two attached hydrogens (primary N) is 1. The molecule has 1 aromatic carbocycles. The predicted octanol–water partition coefficient (Wildman–Crippen LogP) is 1.25. The van der Waals surface area contributed by atoms with Crippen molar-refractivity contribution in [3.63, 3.8) is 0 Å². The van der Waals surface area contributed by atoms with Crippen LogP contribution in [0.25, 0.3) is 0 Å². The molecule has 5 heteroatoms. The first-order valence-electron chi connectivity index (χ1n) is 6.48. The summed E-state index contributed by atoms with van der Waals surface area (Å²) in [7, 11) is 1.89. The number of benzene rings is 1. The van der Waals surface area contributed by atoms with Crippen LogP contribution in [0.5, 0.6) is 5.75 Å². The van der Waals surface area contributed by atoms with Crippen LogP contribution in [0.2, 0.25) is 0 Å². The number of aromatic nitrogens is 3. The number of hydrogen-bond acceptors (Lipinski definition) is 4. The van der Waals surface area contributed by atoms with Crippen molar-refractivity contribution in [1.29, 1.82) is 0 Å². The maximum Gasteiger partial charge on any atom is 0.154 e. The van der Waals surface area contributed by atoms with Crippen molar-refractivity contribution in [3.05, 3.63) is 41.5 Å². The monoisotopic (exact) mass is 260 g/mol. The Kier molecular flexibility index (Phi) is 4.52. The second kappa shape index (κ2) is 6.33. The lowest BCUT2D eigenvalue weighted by atomic mass is 10.2. The number of aryl methyl sites for hydroxylation is 2. The van der Waals surface area contributed by atoms with E-state index in [1.165, 1.54) is 0 Å². The molecule has 0 saturated carbocycles. The standard InChI is InChI=1S/C14H20N4O/c1-11-5-3-4-6-12(11)19-10-8-13-16-14(7-9-15)18(2)17-13/h3-6H,7-10,15H2,1-2H3. The molecule has 1 aromatic heterocycles. The van der Waals surface area contributed by atoms with Crippen molar-refractivity contribution < 1.29 is 4.74 Å².